The summed E-state index contributed by atoms with van der Waals surface area (Å²) in [6.45, 7) is 13.0. The Morgan fingerprint density at radius 1 is 0.842 bits per heavy atom. The van der Waals surface area contributed by atoms with E-state index in [1.54, 1.807) is 14.2 Å². The van der Waals surface area contributed by atoms with Gasteiger partial charge in [0.1, 0.15) is 0 Å². The molecule has 0 aromatic heterocycles. The van der Waals surface area contributed by atoms with Crippen molar-refractivity contribution < 1.29 is 9.47 Å². The van der Waals surface area contributed by atoms with Gasteiger partial charge in [-0.25, -0.2) is 0 Å². The van der Waals surface area contributed by atoms with Crippen LogP contribution in [0.25, 0.3) is 0 Å². The summed E-state index contributed by atoms with van der Waals surface area (Å²) in [7, 11) is 3.40. The highest BCUT2D eigenvalue weighted by molar-refractivity contribution is 9.10. The van der Waals surface area contributed by atoms with Crippen LogP contribution in [0.2, 0.25) is 0 Å². The number of methoxy groups -OCH3 is 2. The molecule has 0 radical (unpaired) electrons. The Labute approximate surface area is 125 Å². The lowest BCUT2D eigenvalue weighted by atomic mass is 9.80. The molecule has 0 spiro atoms. The van der Waals surface area contributed by atoms with Crippen molar-refractivity contribution in [2.75, 3.05) is 14.2 Å². The molecule has 19 heavy (non-hydrogen) atoms. The van der Waals surface area contributed by atoms with Gasteiger partial charge in [-0.05, 0) is 16.9 Å². The summed E-state index contributed by atoms with van der Waals surface area (Å²) in [4.78, 5) is 0. The first-order valence-electron chi connectivity index (χ1n) is 6.49. The van der Waals surface area contributed by atoms with E-state index in [9.17, 15) is 0 Å². The molecule has 108 valence electrons. The fraction of sp³-hybridized carbons (Fsp3) is 0.625. The molecule has 0 saturated carbocycles. The van der Waals surface area contributed by atoms with E-state index in [0.717, 1.165) is 27.1 Å². The van der Waals surface area contributed by atoms with Crippen LogP contribution in [0.4, 0.5) is 0 Å². The molecule has 0 bridgehead atoms. The molecule has 1 rings (SSSR count). The minimum atomic E-state index is -0.0200. The lowest BCUT2D eigenvalue weighted by Gasteiger charge is -2.30. The highest BCUT2D eigenvalue weighted by Gasteiger charge is 2.30. The smallest absolute Gasteiger partial charge is 0.165 e. The van der Waals surface area contributed by atoms with Gasteiger partial charge < -0.3 is 9.47 Å². The molecule has 1 aromatic carbocycles. The number of hydrogen-bond donors (Lipinski definition) is 0. The van der Waals surface area contributed by atoms with Crippen molar-refractivity contribution in [1.82, 2.24) is 0 Å². The number of ether oxygens (including phenoxy) is 2. The van der Waals surface area contributed by atoms with Gasteiger partial charge >= 0.3 is 0 Å². The zero-order valence-electron chi connectivity index (χ0n) is 13.3. The number of rotatable bonds is 2. The van der Waals surface area contributed by atoms with Gasteiger partial charge in [-0.2, -0.15) is 0 Å². The van der Waals surface area contributed by atoms with E-state index in [0.29, 0.717) is 0 Å². The van der Waals surface area contributed by atoms with Crippen LogP contribution in [-0.4, -0.2) is 14.2 Å². The molecule has 0 saturated heterocycles. The molecule has 0 heterocycles. The van der Waals surface area contributed by atoms with Gasteiger partial charge in [0.05, 0.1) is 14.2 Å². The van der Waals surface area contributed by atoms with E-state index in [-0.39, 0.29) is 10.8 Å². The molecule has 1 aromatic rings. The third-order valence-electron chi connectivity index (χ3n) is 3.15. The maximum atomic E-state index is 5.66. The minimum Gasteiger partial charge on any atom is -0.493 e. The molecule has 0 atom stereocenters. The predicted molar refractivity (Wildman–Crippen MR) is 84.6 cm³/mol. The van der Waals surface area contributed by atoms with E-state index in [4.69, 9.17) is 9.47 Å². The molecular formula is C16H25BrO2. The highest BCUT2D eigenvalue weighted by atomic mass is 79.9. The number of halogens is 1. The molecular weight excluding hydrogens is 304 g/mol. The Kier molecular flexibility index (Phi) is 4.61. The molecule has 2 nitrogen and oxygen atoms in total. The van der Waals surface area contributed by atoms with E-state index in [1.807, 2.05) is 0 Å². The third kappa shape index (κ3) is 3.25. The van der Waals surface area contributed by atoms with Gasteiger partial charge in [-0.3, -0.25) is 0 Å². The molecule has 0 fully saturated rings. The van der Waals surface area contributed by atoms with Crippen LogP contribution in [0.3, 0.4) is 0 Å². The van der Waals surface area contributed by atoms with Crippen LogP contribution in [0, 0.1) is 0 Å². The molecule has 0 aliphatic carbocycles. The van der Waals surface area contributed by atoms with Crippen LogP contribution >= 0.6 is 15.9 Å². The largest absolute Gasteiger partial charge is 0.493 e. The van der Waals surface area contributed by atoms with E-state index >= 15 is 0 Å². The maximum Gasteiger partial charge on any atom is 0.165 e. The molecule has 0 aliphatic heterocycles. The Hall–Kier alpha value is -0.700. The Morgan fingerprint density at radius 3 is 1.63 bits per heavy atom. The molecule has 3 heteroatoms. The van der Waals surface area contributed by atoms with Crippen molar-refractivity contribution in [3.63, 3.8) is 0 Å². The summed E-state index contributed by atoms with van der Waals surface area (Å²) < 4.78 is 12.4. The third-order valence-corrected chi connectivity index (χ3v) is 3.78. The summed E-state index contributed by atoms with van der Waals surface area (Å²) in [6.07, 6.45) is 0. The number of hydrogen-bond acceptors (Lipinski definition) is 2. The molecule has 0 aliphatic rings. The zero-order valence-corrected chi connectivity index (χ0v) is 14.9. The van der Waals surface area contributed by atoms with Crippen molar-refractivity contribution in [3.8, 4) is 11.5 Å². The van der Waals surface area contributed by atoms with Crippen molar-refractivity contribution in [2.45, 2.75) is 52.4 Å². The summed E-state index contributed by atoms with van der Waals surface area (Å²) in [5.74, 6) is 1.66. The topological polar surface area (TPSA) is 18.5 Å². The maximum absolute atomic E-state index is 5.66. The second-order valence-corrected chi connectivity index (χ2v) is 7.70. The molecule has 0 N–H and O–H groups in total. The van der Waals surface area contributed by atoms with Crippen molar-refractivity contribution in [1.29, 1.82) is 0 Å². The van der Waals surface area contributed by atoms with Crippen LogP contribution in [0.1, 0.15) is 52.7 Å². The lowest BCUT2D eigenvalue weighted by molar-refractivity contribution is 0.335. The van der Waals surface area contributed by atoms with Crippen molar-refractivity contribution in [3.05, 3.63) is 21.7 Å². The Balaban J connectivity index is 3.74. The summed E-state index contributed by atoms with van der Waals surface area (Å²) >= 11 is 3.69. The average molecular weight is 329 g/mol. The normalized spacial score (nSPS) is 12.5. The zero-order chi connectivity index (χ0) is 15.0. The summed E-state index contributed by atoms with van der Waals surface area (Å²) in [5, 5.41) is 0. The molecule has 0 unspecified atom stereocenters. The van der Waals surface area contributed by atoms with Crippen molar-refractivity contribution in [2.24, 2.45) is 0 Å². The van der Waals surface area contributed by atoms with E-state index in [2.05, 4.69) is 63.5 Å². The second kappa shape index (κ2) is 5.35. The highest BCUT2D eigenvalue weighted by Crippen LogP contribution is 2.48. The Morgan fingerprint density at radius 2 is 1.32 bits per heavy atom. The van der Waals surface area contributed by atoms with Gasteiger partial charge in [0.15, 0.2) is 11.5 Å². The second-order valence-electron chi connectivity index (χ2n) is 6.85. The van der Waals surface area contributed by atoms with E-state index in [1.165, 1.54) is 0 Å². The SMILES string of the molecule is COc1c(C(C)(C)C)cc(Br)c(C(C)(C)C)c1OC. The van der Waals surface area contributed by atoms with Gasteiger partial charge in [-0.1, -0.05) is 57.5 Å². The lowest BCUT2D eigenvalue weighted by Crippen LogP contribution is -2.19. The van der Waals surface area contributed by atoms with Crippen LogP contribution in [0.5, 0.6) is 11.5 Å². The van der Waals surface area contributed by atoms with Gasteiger partial charge in [0.25, 0.3) is 0 Å². The van der Waals surface area contributed by atoms with Gasteiger partial charge in [0, 0.05) is 15.6 Å². The average Bonchev–Trinajstić information content (AvgIpc) is 2.24. The minimum absolute atomic E-state index is 0.00242. The van der Waals surface area contributed by atoms with Gasteiger partial charge in [-0.15, -0.1) is 0 Å². The van der Waals surface area contributed by atoms with Crippen LogP contribution in [0.15, 0.2) is 10.5 Å². The van der Waals surface area contributed by atoms with Crippen LogP contribution in [-0.2, 0) is 10.8 Å². The standard InChI is InChI=1S/C16H25BrO2/c1-15(2,3)10-9-11(17)12(16(4,5)6)14(19-8)13(10)18-7/h9H,1-8H3. The Bertz CT molecular complexity index is 465. The summed E-state index contributed by atoms with van der Waals surface area (Å²) in [5.41, 5.74) is 2.26. The first-order chi connectivity index (χ1) is 8.54. The fourth-order valence-corrected chi connectivity index (χ4v) is 3.27. The number of benzene rings is 1. The first-order valence-corrected chi connectivity index (χ1v) is 7.28. The monoisotopic (exact) mass is 328 g/mol. The quantitative estimate of drug-likeness (QED) is 0.755. The van der Waals surface area contributed by atoms with Crippen LogP contribution < -0.4 is 9.47 Å². The van der Waals surface area contributed by atoms with Crippen molar-refractivity contribution >= 4 is 15.9 Å². The van der Waals surface area contributed by atoms with Gasteiger partial charge in [0.2, 0.25) is 0 Å². The summed E-state index contributed by atoms with van der Waals surface area (Å²) in [6, 6.07) is 2.15. The molecule has 0 amide bonds. The fourth-order valence-electron chi connectivity index (χ4n) is 2.26. The van der Waals surface area contributed by atoms with E-state index < -0.39 is 0 Å². The first kappa shape index (κ1) is 16.4. The predicted octanol–water partition coefficient (Wildman–Crippen LogP) is 5.06.